The molecule has 0 aliphatic rings. The van der Waals surface area contributed by atoms with Gasteiger partial charge < -0.3 is 15.5 Å². The van der Waals surface area contributed by atoms with Crippen LogP contribution in [0, 0.1) is 12.8 Å². The van der Waals surface area contributed by atoms with Crippen LogP contribution in [0.25, 0.3) is 0 Å². The number of aliphatic hydroxyl groups excluding tert-OH is 1. The predicted molar refractivity (Wildman–Crippen MR) is 74.7 cm³/mol. The summed E-state index contributed by atoms with van der Waals surface area (Å²) in [5.74, 6) is 0.843. The molecule has 0 saturated heterocycles. The van der Waals surface area contributed by atoms with Crippen molar-refractivity contribution in [3.05, 3.63) is 29.3 Å². The lowest BCUT2D eigenvalue weighted by atomic mass is 10.0. The smallest absolute Gasteiger partial charge is 0.120 e. The second-order valence-corrected chi connectivity index (χ2v) is 4.98. The minimum atomic E-state index is 0.123. The summed E-state index contributed by atoms with van der Waals surface area (Å²) in [5.41, 5.74) is 2.00. The number of aromatic hydroxyl groups is 1. The highest BCUT2D eigenvalue weighted by Gasteiger charge is 2.12. The topological polar surface area (TPSA) is 52.5 Å². The third kappa shape index (κ3) is 4.31. The summed E-state index contributed by atoms with van der Waals surface area (Å²) in [4.78, 5) is 0. The van der Waals surface area contributed by atoms with Gasteiger partial charge in [0, 0.05) is 18.2 Å². The van der Waals surface area contributed by atoms with Gasteiger partial charge in [0.2, 0.25) is 0 Å². The van der Waals surface area contributed by atoms with Crippen molar-refractivity contribution in [1.82, 2.24) is 5.32 Å². The molecular formula is C15H25NO2. The summed E-state index contributed by atoms with van der Waals surface area (Å²) in [7, 11) is 0. The minimum Gasteiger partial charge on any atom is -0.508 e. The van der Waals surface area contributed by atoms with E-state index in [1.807, 2.05) is 19.1 Å². The number of phenols is 1. The Morgan fingerprint density at radius 1 is 1.33 bits per heavy atom. The first-order chi connectivity index (χ1) is 8.58. The molecule has 0 heterocycles. The molecule has 2 unspecified atom stereocenters. The molecule has 3 heteroatoms. The normalized spacial score (nSPS) is 14.4. The molecule has 0 bridgehead atoms. The third-order valence-electron chi connectivity index (χ3n) is 3.48. The maximum atomic E-state index is 9.91. The molecule has 18 heavy (non-hydrogen) atoms. The number of benzene rings is 1. The molecule has 3 nitrogen and oxygen atoms in total. The van der Waals surface area contributed by atoms with Crippen LogP contribution in [0.1, 0.15) is 43.9 Å². The van der Waals surface area contributed by atoms with Crippen LogP contribution in [0.5, 0.6) is 5.75 Å². The van der Waals surface area contributed by atoms with Crippen molar-refractivity contribution in [3.8, 4) is 5.75 Å². The number of rotatable bonds is 7. The zero-order chi connectivity index (χ0) is 13.5. The Morgan fingerprint density at radius 3 is 2.61 bits per heavy atom. The van der Waals surface area contributed by atoms with E-state index in [0.29, 0.717) is 11.7 Å². The summed E-state index contributed by atoms with van der Waals surface area (Å²) in [6.45, 7) is 7.26. The standard InChI is InChI=1S/C15H25NO2/c1-4-13(7-8-17)10-16-12(3)14-6-5-11(2)9-15(14)18/h5-6,9,12-13,16-18H,4,7-8,10H2,1-3H3. The van der Waals surface area contributed by atoms with Crippen molar-refractivity contribution < 1.29 is 10.2 Å². The molecule has 0 radical (unpaired) electrons. The Labute approximate surface area is 110 Å². The van der Waals surface area contributed by atoms with Gasteiger partial charge in [0.15, 0.2) is 0 Å². The number of aliphatic hydroxyl groups is 1. The zero-order valence-corrected chi connectivity index (χ0v) is 11.6. The molecule has 0 spiro atoms. The Balaban J connectivity index is 2.56. The molecule has 0 saturated carbocycles. The first-order valence-electron chi connectivity index (χ1n) is 6.72. The van der Waals surface area contributed by atoms with Gasteiger partial charge in [-0.05, 0) is 44.4 Å². The van der Waals surface area contributed by atoms with E-state index in [0.717, 1.165) is 30.5 Å². The number of aryl methyl sites for hydroxylation is 1. The van der Waals surface area contributed by atoms with Crippen LogP contribution in [-0.2, 0) is 0 Å². The van der Waals surface area contributed by atoms with E-state index in [1.165, 1.54) is 0 Å². The summed E-state index contributed by atoms with van der Waals surface area (Å²) >= 11 is 0. The maximum Gasteiger partial charge on any atom is 0.120 e. The molecule has 0 amide bonds. The van der Waals surface area contributed by atoms with Gasteiger partial charge in [-0.3, -0.25) is 0 Å². The van der Waals surface area contributed by atoms with Gasteiger partial charge in [-0.25, -0.2) is 0 Å². The van der Waals surface area contributed by atoms with Gasteiger partial charge in [-0.15, -0.1) is 0 Å². The monoisotopic (exact) mass is 251 g/mol. The quantitative estimate of drug-likeness (QED) is 0.698. The van der Waals surface area contributed by atoms with Crippen LogP contribution < -0.4 is 5.32 Å². The molecule has 2 atom stereocenters. The van der Waals surface area contributed by atoms with Gasteiger partial charge in [0.05, 0.1) is 0 Å². The highest BCUT2D eigenvalue weighted by molar-refractivity contribution is 5.37. The second kappa shape index (κ2) is 7.39. The fourth-order valence-corrected chi connectivity index (χ4v) is 2.11. The van der Waals surface area contributed by atoms with Crippen molar-refractivity contribution in [2.75, 3.05) is 13.2 Å². The van der Waals surface area contributed by atoms with E-state index in [-0.39, 0.29) is 12.6 Å². The van der Waals surface area contributed by atoms with E-state index in [1.54, 1.807) is 6.07 Å². The molecule has 0 aromatic heterocycles. The Hall–Kier alpha value is -1.06. The predicted octanol–water partition coefficient (Wildman–Crippen LogP) is 2.76. The van der Waals surface area contributed by atoms with Crippen LogP contribution in [0.3, 0.4) is 0 Å². The lowest BCUT2D eigenvalue weighted by molar-refractivity contribution is 0.249. The van der Waals surface area contributed by atoms with Crippen molar-refractivity contribution in [1.29, 1.82) is 0 Å². The zero-order valence-electron chi connectivity index (χ0n) is 11.6. The average molecular weight is 251 g/mol. The summed E-state index contributed by atoms with van der Waals surface area (Å²) < 4.78 is 0. The summed E-state index contributed by atoms with van der Waals surface area (Å²) in [6, 6.07) is 5.89. The fourth-order valence-electron chi connectivity index (χ4n) is 2.11. The largest absolute Gasteiger partial charge is 0.508 e. The highest BCUT2D eigenvalue weighted by Crippen LogP contribution is 2.25. The SMILES string of the molecule is CCC(CCO)CNC(C)c1ccc(C)cc1O. The van der Waals surface area contributed by atoms with E-state index in [4.69, 9.17) is 5.11 Å². The van der Waals surface area contributed by atoms with Crippen LogP contribution >= 0.6 is 0 Å². The molecule has 3 N–H and O–H groups in total. The number of hydrogen-bond acceptors (Lipinski definition) is 3. The van der Waals surface area contributed by atoms with Gasteiger partial charge in [-0.2, -0.15) is 0 Å². The molecule has 1 aromatic rings. The molecule has 0 fully saturated rings. The van der Waals surface area contributed by atoms with Crippen molar-refractivity contribution in [3.63, 3.8) is 0 Å². The maximum absolute atomic E-state index is 9.91. The first-order valence-corrected chi connectivity index (χ1v) is 6.72. The highest BCUT2D eigenvalue weighted by atomic mass is 16.3. The molecular weight excluding hydrogens is 226 g/mol. The first kappa shape index (κ1) is 15.0. The van der Waals surface area contributed by atoms with E-state index in [2.05, 4.69) is 19.2 Å². The molecule has 1 aromatic carbocycles. The Bertz CT molecular complexity index is 366. The van der Waals surface area contributed by atoms with Crippen molar-refractivity contribution >= 4 is 0 Å². The van der Waals surface area contributed by atoms with E-state index >= 15 is 0 Å². The third-order valence-corrected chi connectivity index (χ3v) is 3.48. The Kier molecular flexibility index (Phi) is 6.16. The van der Waals surface area contributed by atoms with Crippen LogP contribution in [0.4, 0.5) is 0 Å². The molecule has 0 aliphatic heterocycles. The second-order valence-electron chi connectivity index (χ2n) is 4.98. The Morgan fingerprint density at radius 2 is 2.06 bits per heavy atom. The molecule has 1 rings (SSSR count). The molecule has 0 aliphatic carbocycles. The number of hydrogen-bond donors (Lipinski definition) is 3. The van der Waals surface area contributed by atoms with Crippen molar-refractivity contribution in [2.24, 2.45) is 5.92 Å². The van der Waals surface area contributed by atoms with Gasteiger partial charge in [-0.1, -0.05) is 25.5 Å². The summed E-state index contributed by atoms with van der Waals surface area (Å²) in [5, 5.41) is 22.3. The number of nitrogens with one attached hydrogen (secondary N) is 1. The molecule has 102 valence electrons. The fraction of sp³-hybridized carbons (Fsp3) is 0.600. The lowest BCUT2D eigenvalue weighted by Crippen LogP contribution is -2.26. The summed E-state index contributed by atoms with van der Waals surface area (Å²) in [6.07, 6.45) is 1.89. The van der Waals surface area contributed by atoms with E-state index in [9.17, 15) is 5.11 Å². The van der Waals surface area contributed by atoms with Crippen molar-refractivity contribution in [2.45, 2.75) is 39.7 Å². The van der Waals surface area contributed by atoms with Gasteiger partial charge in [0.1, 0.15) is 5.75 Å². The minimum absolute atomic E-state index is 0.123. The van der Waals surface area contributed by atoms with Gasteiger partial charge in [0.25, 0.3) is 0 Å². The lowest BCUT2D eigenvalue weighted by Gasteiger charge is -2.20. The van der Waals surface area contributed by atoms with Crippen LogP contribution in [0.15, 0.2) is 18.2 Å². The average Bonchev–Trinajstić information content (AvgIpc) is 2.34. The number of phenolic OH excluding ortho intramolecular Hbond substituents is 1. The van der Waals surface area contributed by atoms with Crippen LogP contribution in [-0.4, -0.2) is 23.4 Å². The van der Waals surface area contributed by atoms with Gasteiger partial charge >= 0.3 is 0 Å². The van der Waals surface area contributed by atoms with E-state index < -0.39 is 0 Å². The van der Waals surface area contributed by atoms with Crippen LogP contribution in [0.2, 0.25) is 0 Å².